The van der Waals surface area contributed by atoms with E-state index < -0.39 is 0 Å². The minimum absolute atomic E-state index is 0. The molecule has 0 aliphatic rings. The SMILES string of the molecule is CCNC(=NCc1ccc(OCC)c(F)c1)NCc1ncnn1C.I. The Labute approximate surface area is 164 Å². The van der Waals surface area contributed by atoms with Crippen molar-refractivity contribution in [2.45, 2.75) is 26.9 Å². The van der Waals surface area contributed by atoms with Crippen LogP contribution >= 0.6 is 24.0 Å². The van der Waals surface area contributed by atoms with Gasteiger partial charge in [0.2, 0.25) is 0 Å². The normalized spacial score (nSPS) is 11.0. The summed E-state index contributed by atoms with van der Waals surface area (Å²) in [5.41, 5.74) is 0.770. The highest BCUT2D eigenvalue weighted by Gasteiger charge is 2.05. The molecule has 9 heteroatoms. The largest absolute Gasteiger partial charge is 0.491 e. The van der Waals surface area contributed by atoms with Crippen molar-refractivity contribution in [2.24, 2.45) is 12.0 Å². The minimum atomic E-state index is -0.374. The maximum Gasteiger partial charge on any atom is 0.191 e. The van der Waals surface area contributed by atoms with Gasteiger partial charge in [-0.25, -0.2) is 14.4 Å². The number of aromatic nitrogens is 3. The molecule has 0 aliphatic carbocycles. The lowest BCUT2D eigenvalue weighted by atomic mass is 10.2. The number of hydrogen-bond donors (Lipinski definition) is 2. The molecule has 0 radical (unpaired) electrons. The molecule has 0 spiro atoms. The van der Waals surface area contributed by atoms with Crippen LogP contribution in [0.3, 0.4) is 0 Å². The molecule has 138 valence electrons. The molecule has 2 aromatic rings. The Balaban J connectivity index is 0.00000312. The Morgan fingerprint density at radius 3 is 2.72 bits per heavy atom. The van der Waals surface area contributed by atoms with Crippen LogP contribution in [0.25, 0.3) is 0 Å². The summed E-state index contributed by atoms with van der Waals surface area (Å²) >= 11 is 0. The summed E-state index contributed by atoms with van der Waals surface area (Å²) in [6, 6.07) is 4.88. The second-order valence-electron chi connectivity index (χ2n) is 5.05. The summed E-state index contributed by atoms with van der Waals surface area (Å²) in [5, 5.41) is 10.3. The van der Waals surface area contributed by atoms with E-state index in [-0.39, 0.29) is 35.5 Å². The number of hydrogen-bond acceptors (Lipinski definition) is 4. The third-order valence-electron chi connectivity index (χ3n) is 3.28. The first-order valence-corrected chi connectivity index (χ1v) is 7.90. The Hall–Kier alpha value is -1.91. The van der Waals surface area contributed by atoms with Crippen LogP contribution in [0, 0.1) is 5.82 Å². The molecule has 0 atom stereocenters. The minimum Gasteiger partial charge on any atom is -0.491 e. The summed E-state index contributed by atoms with van der Waals surface area (Å²) < 4.78 is 20.8. The number of nitrogens with zero attached hydrogens (tertiary/aromatic N) is 4. The Kier molecular flexibility index (Phi) is 9.17. The van der Waals surface area contributed by atoms with Gasteiger partial charge >= 0.3 is 0 Å². The molecule has 0 aliphatic heterocycles. The van der Waals surface area contributed by atoms with Gasteiger partial charge in [0.25, 0.3) is 0 Å². The van der Waals surface area contributed by atoms with Crippen LogP contribution in [0.5, 0.6) is 5.75 Å². The van der Waals surface area contributed by atoms with E-state index in [0.717, 1.165) is 17.9 Å². The summed E-state index contributed by atoms with van der Waals surface area (Å²) in [6.07, 6.45) is 1.50. The molecule has 1 aromatic carbocycles. The van der Waals surface area contributed by atoms with Crippen molar-refractivity contribution in [2.75, 3.05) is 13.2 Å². The highest BCUT2D eigenvalue weighted by atomic mass is 127. The van der Waals surface area contributed by atoms with Crippen molar-refractivity contribution < 1.29 is 9.13 Å². The van der Waals surface area contributed by atoms with E-state index in [4.69, 9.17) is 4.74 Å². The third kappa shape index (κ3) is 6.48. The second kappa shape index (κ2) is 10.9. The molecule has 2 N–H and O–H groups in total. The number of benzene rings is 1. The van der Waals surface area contributed by atoms with E-state index in [1.807, 2.05) is 27.0 Å². The molecule has 0 saturated heterocycles. The highest BCUT2D eigenvalue weighted by Crippen LogP contribution is 2.18. The molecular formula is C16H24FIN6O. The van der Waals surface area contributed by atoms with Gasteiger partial charge in [-0.1, -0.05) is 6.07 Å². The van der Waals surface area contributed by atoms with Gasteiger partial charge in [-0.3, -0.25) is 4.68 Å². The number of halogens is 2. The maximum absolute atomic E-state index is 13.9. The van der Waals surface area contributed by atoms with E-state index in [1.165, 1.54) is 12.4 Å². The van der Waals surface area contributed by atoms with Gasteiger partial charge < -0.3 is 15.4 Å². The quantitative estimate of drug-likeness (QED) is 0.375. The van der Waals surface area contributed by atoms with Crippen LogP contribution in [-0.2, 0) is 20.1 Å². The standard InChI is InChI=1S/C16H23FN6O.HI/c1-4-18-16(20-10-15-21-11-22-23(15)3)19-9-12-6-7-14(24-5-2)13(17)8-12;/h6-8,11H,4-5,9-10H2,1-3H3,(H2,18,19,20);1H. The number of nitrogens with one attached hydrogen (secondary N) is 2. The van der Waals surface area contributed by atoms with Crippen molar-refractivity contribution in [3.05, 3.63) is 41.7 Å². The molecule has 0 bridgehead atoms. The second-order valence-corrected chi connectivity index (χ2v) is 5.05. The third-order valence-corrected chi connectivity index (χ3v) is 3.28. The molecule has 0 amide bonds. The van der Waals surface area contributed by atoms with Crippen molar-refractivity contribution >= 4 is 29.9 Å². The fraction of sp³-hybridized carbons (Fsp3) is 0.438. The van der Waals surface area contributed by atoms with Crippen LogP contribution in [0.15, 0.2) is 29.5 Å². The molecule has 0 unspecified atom stereocenters. The number of aliphatic imine (C=N–C) groups is 1. The van der Waals surface area contributed by atoms with Crippen molar-refractivity contribution in [3.8, 4) is 5.75 Å². The van der Waals surface area contributed by atoms with E-state index in [2.05, 4.69) is 25.7 Å². The van der Waals surface area contributed by atoms with Crippen LogP contribution in [-0.4, -0.2) is 33.9 Å². The van der Waals surface area contributed by atoms with E-state index in [1.54, 1.807) is 10.7 Å². The molecule has 1 aromatic heterocycles. The smallest absolute Gasteiger partial charge is 0.191 e. The fourth-order valence-electron chi connectivity index (χ4n) is 2.07. The van der Waals surface area contributed by atoms with Crippen LogP contribution in [0.1, 0.15) is 25.2 Å². The zero-order chi connectivity index (χ0) is 17.4. The highest BCUT2D eigenvalue weighted by molar-refractivity contribution is 14.0. The lowest BCUT2D eigenvalue weighted by Gasteiger charge is -2.11. The van der Waals surface area contributed by atoms with E-state index >= 15 is 0 Å². The summed E-state index contributed by atoms with van der Waals surface area (Å²) in [7, 11) is 1.83. The van der Waals surface area contributed by atoms with Crippen molar-refractivity contribution in [3.63, 3.8) is 0 Å². The van der Waals surface area contributed by atoms with Gasteiger partial charge in [0.15, 0.2) is 17.5 Å². The maximum atomic E-state index is 13.9. The first-order valence-electron chi connectivity index (χ1n) is 7.90. The average molecular weight is 462 g/mol. The molecule has 0 fully saturated rings. The summed E-state index contributed by atoms with van der Waals surface area (Å²) in [6.45, 7) is 5.82. The van der Waals surface area contributed by atoms with Crippen molar-refractivity contribution in [1.82, 2.24) is 25.4 Å². The molecule has 2 rings (SSSR count). The predicted molar refractivity (Wildman–Crippen MR) is 106 cm³/mol. The molecule has 7 nitrogen and oxygen atoms in total. The monoisotopic (exact) mass is 462 g/mol. The lowest BCUT2D eigenvalue weighted by molar-refractivity contribution is 0.321. The number of ether oxygens (including phenoxy) is 1. The molecule has 0 saturated carbocycles. The van der Waals surface area contributed by atoms with Crippen LogP contribution in [0.4, 0.5) is 4.39 Å². The summed E-state index contributed by atoms with van der Waals surface area (Å²) in [4.78, 5) is 8.61. The average Bonchev–Trinajstić information content (AvgIpc) is 2.98. The van der Waals surface area contributed by atoms with Crippen molar-refractivity contribution in [1.29, 1.82) is 0 Å². The summed E-state index contributed by atoms with van der Waals surface area (Å²) in [5.74, 6) is 1.32. The molecular weight excluding hydrogens is 438 g/mol. The van der Waals surface area contributed by atoms with Gasteiger partial charge in [0.1, 0.15) is 12.2 Å². The topological polar surface area (TPSA) is 76.4 Å². The zero-order valence-electron chi connectivity index (χ0n) is 14.6. The van der Waals surface area contributed by atoms with Crippen LogP contribution in [0.2, 0.25) is 0 Å². The number of guanidine groups is 1. The first kappa shape index (κ1) is 21.1. The zero-order valence-corrected chi connectivity index (χ0v) is 17.0. The first-order chi connectivity index (χ1) is 11.6. The number of aryl methyl sites for hydroxylation is 1. The van der Waals surface area contributed by atoms with Crippen LogP contribution < -0.4 is 15.4 Å². The van der Waals surface area contributed by atoms with E-state index in [0.29, 0.717) is 25.7 Å². The van der Waals surface area contributed by atoms with Gasteiger partial charge in [-0.15, -0.1) is 24.0 Å². The fourth-order valence-corrected chi connectivity index (χ4v) is 2.07. The Morgan fingerprint density at radius 1 is 1.32 bits per heavy atom. The predicted octanol–water partition coefficient (Wildman–Crippen LogP) is 2.23. The Bertz CT molecular complexity index is 691. The van der Waals surface area contributed by atoms with Gasteiger partial charge in [0.05, 0.1) is 19.7 Å². The van der Waals surface area contributed by atoms with E-state index in [9.17, 15) is 4.39 Å². The van der Waals surface area contributed by atoms with Gasteiger partial charge in [-0.2, -0.15) is 5.10 Å². The lowest BCUT2D eigenvalue weighted by Crippen LogP contribution is -2.37. The molecule has 25 heavy (non-hydrogen) atoms. The Morgan fingerprint density at radius 2 is 2.12 bits per heavy atom. The van der Waals surface area contributed by atoms with Gasteiger partial charge in [-0.05, 0) is 31.5 Å². The van der Waals surface area contributed by atoms with Gasteiger partial charge in [0, 0.05) is 13.6 Å². The number of rotatable bonds is 7. The molecule has 1 heterocycles.